The molecule has 1 aromatic heterocycles. The van der Waals surface area contributed by atoms with Gasteiger partial charge in [-0.1, -0.05) is 0 Å². The van der Waals surface area contributed by atoms with Gasteiger partial charge in [0.15, 0.2) is 0 Å². The van der Waals surface area contributed by atoms with Crippen LogP contribution in [0.25, 0.3) is 11.0 Å². The molecule has 1 aromatic carbocycles. The zero-order valence-corrected chi connectivity index (χ0v) is 9.88. The van der Waals surface area contributed by atoms with E-state index in [1.807, 2.05) is 4.98 Å². The highest BCUT2D eigenvalue weighted by atomic mass is 19.4. The van der Waals surface area contributed by atoms with Gasteiger partial charge in [0.2, 0.25) is 5.92 Å². The molecule has 2 aromatic rings. The standard InChI is InChI=1S/C11H6F6N2O2/c12-10(13,14)7(11(15,16)17)8-18-5-2-1-4(9(20)21)3-6(5)19-8/h1-3,7H,(H,18,19)(H,20,21). The molecule has 10 heteroatoms. The molecule has 0 saturated heterocycles. The van der Waals surface area contributed by atoms with Gasteiger partial charge in [0, 0.05) is 0 Å². The highest BCUT2D eigenvalue weighted by Gasteiger charge is 2.59. The number of aromatic carboxylic acids is 1. The minimum atomic E-state index is -5.57. The summed E-state index contributed by atoms with van der Waals surface area (Å²) in [5, 5.41) is 8.72. The first kappa shape index (κ1) is 15.1. The van der Waals surface area contributed by atoms with E-state index in [0.717, 1.165) is 18.2 Å². The average molecular weight is 312 g/mol. The molecule has 114 valence electrons. The van der Waals surface area contributed by atoms with E-state index >= 15 is 0 Å². The molecule has 2 rings (SSSR count). The van der Waals surface area contributed by atoms with Crippen LogP contribution in [0.5, 0.6) is 0 Å². The van der Waals surface area contributed by atoms with E-state index in [1.165, 1.54) is 0 Å². The first-order valence-electron chi connectivity index (χ1n) is 5.36. The summed E-state index contributed by atoms with van der Waals surface area (Å²) < 4.78 is 75.4. The third kappa shape index (κ3) is 2.93. The fraction of sp³-hybridized carbons (Fsp3) is 0.273. The summed E-state index contributed by atoms with van der Waals surface area (Å²) in [6.45, 7) is 0. The number of benzene rings is 1. The molecule has 0 unspecified atom stereocenters. The molecule has 21 heavy (non-hydrogen) atoms. The molecule has 0 amide bonds. The number of carboxylic acids is 1. The second-order valence-corrected chi connectivity index (χ2v) is 4.18. The zero-order valence-electron chi connectivity index (χ0n) is 9.88. The van der Waals surface area contributed by atoms with Crippen LogP contribution in [-0.2, 0) is 0 Å². The van der Waals surface area contributed by atoms with Gasteiger partial charge < -0.3 is 10.1 Å². The highest BCUT2D eigenvalue weighted by molar-refractivity contribution is 5.92. The molecule has 0 bridgehead atoms. The molecular formula is C11H6F6N2O2. The number of fused-ring (bicyclic) bond motifs is 1. The number of aromatic nitrogens is 2. The van der Waals surface area contributed by atoms with Gasteiger partial charge in [-0.15, -0.1) is 0 Å². The van der Waals surface area contributed by atoms with Gasteiger partial charge in [-0.2, -0.15) is 26.3 Å². The number of rotatable bonds is 2. The van der Waals surface area contributed by atoms with E-state index in [9.17, 15) is 31.1 Å². The Hall–Kier alpha value is -2.26. The molecule has 0 spiro atoms. The number of carbonyl (C=O) groups is 1. The maximum Gasteiger partial charge on any atom is 0.407 e. The van der Waals surface area contributed by atoms with Crippen LogP contribution >= 0.6 is 0 Å². The van der Waals surface area contributed by atoms with Gasteiger partial charge in [-0.3, -0.25) is 0 Å². The fourth-order valence-electron chi connectivity index (χ4n) is 1.79. The maximum absolute atomic E-state index is 12.6. The molecule has 4 nitrogen and oxygen atoms in total. The van der Waals surface area contributed by atoms with Gasteiger partial charge >= 0.3 is 18.3 Å². The molecule has 0 fully saturated rings. The lowest BCUT2D eigenvalue weighted by atomic mass is 10.1. The number of alkyl halides is 6. The molecular weight excluding hydrogens is 306 g/mol. The van der Waals surface area contributed by atoms with Crippen molar-refractivity contribution >= 4 is 17.0 Å². The van der Waals surface area contributed by atoms with E-state index in [2.05, 4.69) is 4.98 Å². The van der Waals surface area contributed by atoms with Crippen LogP contribution in [0.2, 0.25) is 0 Å². The number of hydrogen-bond acceptors (Lipinski definition) is 2. The summed E-state index contributed by atoms with van der Waals surface area (Å²) >= 11 is 0. The van der Waals surface area contributed by atoms with E-state index in [4.69, 9.17) is 5.11 Å². The van der Waals surface area contributed by atoms with Crippen molar-refractivity contribution < 1.29 is 36.2 Å². The molecule has 0 radical (unpaired) electrons. The maximum atomic E-state index is 12.6. The van der Waals surface area contributed by atoms with Gasteiger partial charge in [-0.05, 0) is 18.2 Å². The van der Waals surface area contributed by atoms with E-state index in [0.29, 0.717) is 0 Å². The Morgan fingerprint density at radius 2 is 1.71 bits per heavy atom. The van der Waals surface area contributed by atoms with Crippen LogP contribution < -0.4 is 0 Å². The smallest absolute Gasteiger partial charge is 0.407 e. The lowest BCUT2D eigenvalue weighted by Gasteiger charge is -2.20. The van der Waals surface area contributed by atoms with Crippen LogP contribution in [0.15, 0.2) is 18.2 Å². The summed E-state index contributed by atoms with van der Waals surface area (Å²) in [4.78, 5) is 15.9. The zero-order chi connectivity index (χ0) is 16.0. The van der Waals surface area contributed by atoms with Crippen LogP contribution in [-0.4, -0.2) is 33.4 Å². The van der Waals surface area contributed by atoms with Crippen molar-refractivity contribution in [3.05, 3.63) is 29.6 Å². The Balaban J connectivity index is 2.57. The van der Waals surface area contributed by atoms with Gasteiger partial charge in [-0.25, -0.2) is 9.78 Å². The number of carboxylic acid groups (broad SMARTS) is 1. The monoisotopic (exact) mass is 312 g/mol. The Morgan fingerprint density at radius 3 is 2.19 bits per heavy atom. The molecule has 1 heterocycles. The van der Waals surface area contributed by atoms with Crippen molar-refractivity contribution in [2.75, 3.05) is 0 Å². The van der Waals surface area contributed by atoms with Gasteiger partial charge in [0.1, 0.15) is 5.82 Å². The van der Waals surface area contributed by atoms with Crippen LogP contribution in [0.3, 0.4) is 0 Å². The SMILES string of the molecule is O=C(O)c1ccc2nc(C(C(F)(F)F)C(F)(F)F)[nH]c2c1. The van der Waals surface area contributed by atoms with Crippen molar-refractivity contribution in [2.45, 2.75) is 18.3 Å². The number of halogens is 6. The predicted molar refractivity (Wildman–Crippen MR) is 57.9 cm³/mol. The number of hydrogen-bond donors (Lipinski definition) is 2. The number of nitrogens with one attached hydrogen (secondary N) is 1. The van der Waals surface area contributed by atoms with Crippen molar-refractivity contribution in [1.29, 1.82) is 0 Å². The minimum absolute atomic E-state index is 0.187. The molecule has 0 aliphatic rings. The second kappa shape index (κ2) is 4.64. The van der Waals surface area contributed by atoms with Crippen LogP contribution in [0, 0.1) is 0 Å². The Kier molecular flexibility index (Phi) is 3.34. The van der Waals surface area contributed by atoms with Gasteiger partial charge in [0.25, 0.3) is 0 Å². The number of H-pyrrole nitrogens is 1. The summed E-state index contributed by atoms with van der Waals surface area (Å²) in [7, 11) is 0. The molecule has 2 N–H and O–H groups in total. The topological polar surface area (TPSA) is 66.0 Å². The Morgan fingerprint density at radius 1 is 1.14 bits per heavy atom. The Bertz CT molecular complexity index is 674. The van der Waals surface area contributed by atoms with E-state index in [1.54, 1.807) is 0 Å². The first-order chi connectivity index (χ1) is 9.50. The van der Waals surface area contributed by atoms with Crippen molar-refractivity contribution in [1.82, 2.24) is 9.97 Å². The number of aromatic amines is 1. The second-order valence-electron chi connectivity index (χ2n) is 4.18. The minimum Gasteiger partial charge on any atom is -0.478 e. The highest BCUT2D eigenvalue weighted by Crippen LogP contribution is 2.45. The summed E-state index contributed by atoms with van der Waals surface area (Å²) in [5.41, 5.74) is -0.690. The van der Waals surface area contributed by atoms with Gasteiger partial charge in [0.05, 0.1) is 16.6 Å². The van der Waals surface area contributed by atoms with Crippen molar-refractivity contribution in [3.63, 3.8) is 0 Å². The van der Waals surface area contributed by atoms with Crippen LogP contribution in [0.1, 0.15) is 22.1 Å². The summed E-state index contributed by atoms with van der Waals surface area (Å²) in [6.07, 6.45) is -11.1. The third-order valence-electron chi connectivity index (χ3n) is 2.68. The number of imidazole rings is 1. The van der Waals surface area contributed by atoms with E-state index in [-0.39, 0.29) is 16.6 Å². The molecule has 0 aliphatic heterocycles. The first-order valence-corrected chi connectivity index (χ1v) is 5.36. The molecule has 0 atom stereocenters. The normalized spacial score (nSPS) is 13.1. The fourth-order valence-corrected chi connectivity index (χ4v) is 1.79. The van der Waals surface area contributed by atoms with Crippen LogP contribution in [0.4, 0.5) is 26.3 Å². The molecule has 0 aliphatic carbocycles. The third-order valence-corrected chi connectivity index (χ3v) is 2.68. The van der Waals surface area contributed by atoms with E-state index < -0.39 is 30.1 Å². The largest absolute Gasteiger partial charge is 0.478 e. The predicted octanol–water partition coefficient (Wildman–Crippen LogP) is 3.47. The van der Waals surface area contributed by atoms with Crippen molar-refractivity contribution in [2.24, 2.45) is 0 Å². The summed E-state index contributed by atoms with van der Waals surface area (Å²) in [6, 6.07) is 2.98. The quantitative estimate of drug-likeness (QED) is 0.835. The van der Waals surface area contributed by atoms with Crippen molar-refractivity contribution in [3.8, 4) is 0 Å². The lowest BCUT2D eigenvalue weighted by molar-refractivity contribution is -0.255. The Labute approximate surface area is 112 Å². The lowest BCUT2D eigenvalue weighted by Crippen LogP contribution is -2.34. The number of nitrogens with zero attached hydrogens (tertiary/aromatic N) is 1. The average Bonchev–Trinajstić information content (AvgIpc) is 2.65. The molecule has 0 saturated carbocycles. The summed E-state index contributed by atoms with van der Waals surface area (Å²) in [5.74, 6) is -6.45.